The highest BCUT2D eigenvalue weighted by Gasteiger charge is 2.27. The van der Waals surface area contributed by atoms with Gasteiger partial charge in [0.2, 0.25) is 0 Å². The highest BCUT2D eigenvalue weighted by atomic mass is 79.9. The number of hydrogen-bond donors (Lipinski definition) is 1. The normalized spacial score (nSPS) is 27.0. The lowest BCUT2D eigenvalue weighted by Gasteiger charge is -2.32. The SMILES string of the molecule is NC1CC(c2ccc(Br)c(F)c2)C1. The quantitative estimate of drug-likeness (QED) is 0.807. The molecule has 0 atom stereocenters. The minimum Gasteiger partial charge on any atom is -0.328 e. The monoisotopic (exact) mass is 243 g/mol. The number of benzene rings is 1. The lowest BCUT2D eigenvalue weighted by molar-refractivity contribution is 0.350. The molecule has 0 bridgehead atoms. The van der Waals surface area contributed by atoms with Crippen LogP contribution >= 0.6 is 15.9 Å². The maximum Gasteiger partial charge on any atom is 0.137 e. The molecule has 1 nitrogen and oxygen atoms in total. The van der Waals surface area contributed by atoms with Gasteiger partial charge in [0.1, 0.15) is 5.82 Å². The van der Waals surface area contributed by atoms with Crippen LogP contribution in [0.5, 0.6) is 0 Å². The molecule has 0 heterocycles. The minimum atomic E-state index is -0.182. The predicted molar refractivity (Wildman–Crippen MR) is 54.1 cm³/mol. The van der Waals surface area contributed by atoms with Gasteiger partial charge in [-0.15, -0.1) is 0 Å². The molecule has 0 saturated heterocycles. The van der Waals surface area contributed by atoms with Crippen LogP contribution in [0.15, 0.2) is 22.7 Å². The summed E-state index contributed by atoms with van der Waals surface area (Å²) in [6, 6.07) is 5.63. The van der Waals surface area contributed by atoms with Crippen molar-refractivity contribution in [3.63, 3.8) is 0 Å². The molecule has 0 radical (unpaired) electrons. The molecule has 1 saturated carbocycles. The zero-order valence-electron chi connectivity index (χ0n) is 7.13. The Bertz CT molecular complexity index is 321. The fourth-order valence-electron chi connectivity index (χ4n) is 1.70. The van der Waals surface area contributed by atoms with Crippen molar-refractivity contribution in [3.05, 3.63) is 34.1 Å². The summed E-state index contributed by atoms with van der Waals surface area (Å²) in [6.07, 6.45) is 1.97. The third-order valence-electron chi connectivity index (χ3n) is 2.59. The van der Waals surface area contributed by atoms with E-state index in [1.54, 1.807) is 12.1 Å². The molecule has 0 aliphatic heterocycles. The molecule has 0 spiro atoms. The zero-order valence-corrected chi connectivity index (χ0v) is 8.72. The Morgan fingerprint density at radius 3 is 2.62 bits per heavy atom. The summed E-state index contributed by atoms with van der Waals surface area (Å²) < 4.78 is 13.6. The lowest BCUT2D eigenvalue weighted by Crippen LogP contribution is -2.34. The van der Waals surface area contributed by atoms with Gasteiger partial charge in [0, 0.05) is 6.04 Å². The van der Waals surface area contributed by atoms with E-state index < -0.39 is 0 Å². The van der Waals surface area contributed by atoms with Gasteiger partial charge in [-0.2, -0.15) is 0 Å². The number of halogens is 2. The van der Waals surface area contributed by atoms with Crippen molar-refractivity contribution in [2.75, 3.05) is 0 Å². The van der Waals surface area contributed by atoms with Crippen LogP contribution in [-0.4, -0.2) is 6.04 Å². The van der Waals surface area contributed by atoms with Crippen LogP contribution in [0, 0.1) is 5.82 Å². The average Bonchev–Trinajstić information content (AvgIpc) is 2.05. The number of nitrogens with two attached hydrogens (primary N) is 1. The maximum atomic E-state index is 13.1. The molecule has 0 amide bonds. The first-order chi connectivity index (χ1) is 6.16. The molecule has 0 unspecified atom stereocenters. The van der Waals surface area contributed by atoms with Crippen molar-refractivity contribution in [2.24, 2.45) is 5.73 Å². The van der Waals surface area contributed by atoms with Gasteiger partial charge >= 0.3 is 0 Å². The number of hydrogen-bond acceptors (Lipinski definition) is 1. The van der Waals surface area contributed by atoms with Gasteiger partial charge in [-0.25, -0.2) is 4.39 Å². The third-order valence-corrected chi connectivity index (χ3v) is 3.23. The van der Waals surface area contributed by atoms with E-state index in [2.05, 4.69) is 15.9 Å². The molecule has 1 aliphatic carbocycles. The van der Waals surface area contributed by atoms with Crippen molar-refractivity contribution in [3.8, 4) is 0 Å². The van der Waals surface area contributed by atoms with Gasteiger partial charge in [0.15, 0.2) is 0 Å². The van der Waals surface area contributed by atoms with Gasteiger partial charge < -0.3 is 5.73 Å². The van der Waals surface area contributed by atoms with Crippen molar-refractivity contribution < 1.29 is 4.39 Å². The third kappa shape index (κ3) is 1.76. The molecule has 1 aromatic rings. The van der Waals surface area contributed by atoms with Gasteiger partial charge in [-0.3, -0.25) is 0 Å². The molecule has 1 aliphatic rings. The first kappa shape index (κ1) is 9.16. The summed E-state index contributed by atoms with van der Waals surface area (Å²) in [5, 5.41) is 0. The molecule has 1 fully saturated rings. The first-order valence-electron chi connectivity index (χ1n) is 4.37. The molecule has 1 aromatic carbocycles. The van der Waals surface area contributed by atoms with Gasteiger partial charge in [0.05, 0.1) is 4.47 Å². The average molecular weight is 244 g/mol. The van der Waals surface area contributed by atoms with Crippen LogP contribution < -0.4 is 5.73 Å². The predicted octanol–water partition coefficient (Wildman–Crippen LogP) is 2.79. The van der Waals surface area contributed by atoms with Crippen molar-refractivity contribution in [1.82, 2.24) is 0 Å². The standard InChI is InChI=1S/C10H11BrFN/c11-9-2-1-6(5-10(9)12)7-3-8(13)4-7/h1-2,5,7-8H,3-4,13H2. The largest absolute Gasteiger partial charge is 0.328 e. The fourth-order valence-corrected chi connectivity index (χ4v) is 1.95. The molecule has 2 rings (SSSR count). The van der Waals surface area contributed by atoms with E-state index in [1.807, 2.05) is 6.07 Å². The van der Waals surface area contributed by atoms with Crippen molar-refractivity contribution in [1.29, 1.82) is 0 Å². The van der Waals surface area contributed by atoms with Crippen LogP contribution in [-0.2, 0) is 0 Å². The summed E-state index contributed by atoms with van der Waals surface area (Å²) in [7, 11) is 0. The van der Waals surface area contributed by atoms with E-state index in [4.69, 9.17) is 5.73 Å². The van der Waals surface area contributed by atoms with Crippen LogP contribution in [0.2, 0.25) is 0 Å². The van der Waals surface area contributed by atoms with Crippen LogP contribution in [0.1, 0.15) is 24.3 Å². The van der Waals surface area contributed by atoms with Gasteiger partial charge in [0.25, 0.3) is 0 Å². The lowest BCUT2D eigenvalue weighted by atomic mass is 9.76. The second kappa shape index (κ2) is 3.39. The van der Waals surface area contributed by atoms with E-state index in [0.29, 0.717) is 16.4 Å². The molecule has 3 heteroatoms. The molecular formula is C10H11BrFN. The first-order valence-corrected chi connectivity index (χ1v) is 5.16. The summed E-state index contributed by atoms with van der Waals surface area (Å²) >= 11 is 3.13. The van der Waals surface area contributed by atoms with E-state index in [9.17, 15) is 4.39 Å². The van der Waals surface area contributed by atoms with Gasteiger partial charge in [-0.1, -0.05) is 6.07 Å². The van der Waals surface area contributed by atoms with Crippen LogP contribution in [0.4, 0.5) is 4.39 Å². The van der Waals surface area contributed by atoms with E-state index in [1.165, 1.54) is 0 Å². The highest BCUT2D eigenvalue weighted by molar-refractivity contribution is 9.10. The summed E-state index contributed by atoms with van der Waals surface area (Å²) in [5.41, 5.74) is 6.74. The van der Waals surface area contributed by atoms with Crippen LogP contribution in [0.3, 0.4) is 0 Å². The topological polar surface area (TPSA) is 26.0 Å². The minimum absolute atomic E-state index is 0.182. The Hall–Kier alpha value is -0.410. The molecule has 70 valence electrons. The molecule has 0 aromatic heterocycles. The second-order valence-electron chi connectivity index (χ2n) is 3.60. The maximum absolute atomic E-state index is 13.1. The van der Waals surface area contributed by atoms with E-state index in [-0.39, 0.29) is 5.82 Å². The fraction of sp³-hybridized carbons (Fsp3) is 0.400. The Balaban J connectivity index is 2.18. The summed E-state index contributed by atoms with van der Waals surface area (Å²) in [4.78, 5) is 0. The summed E-state index contributed by atoms with van der Waals surface area (Å²) in [5.74, 6) is 0.288. The Morgan fingerprint density at radius 2 is 2.08 bits per heavy atom. The Morgan fingerprint density at radius 1 is 1.38 bits per heavy atom. The zero-order chi connectivity index (χ0) is 9.42. The highest BCUT2D eigenvalue weighted by Crippen LogP contribution is 2.36. The number of rotatable bonds is 1. The molecule has 13 heavy (non-hydrogen) atoms. The Kier molecular flexibility index (Phi) is 2.39. The van der Waals surface area contributed by atoms with Crippen LogP contribution in [0.25, 0.3) is 0 Å². The van der Waals surface area contributed by atoms with Crippen molar-refractivity contribution in [2.45, 2.75) is 24.8 Å². The second-order valence-corrected chi connectivity index (χ2v) is 4.46. The smallest absolute Gasteiger partial charge is 0.137 e. The summed E-state index contributed by atoms with van der Waals surface area (Å²) in [6.45, 7) is 0. The van der Waals surface area contributed by atoms with E-state index >= 15 is 0 Å². The van der Waals surface area contributed by atoms with Crippen molar-refractivity contribution >= 4 is 15.9 Å². The molecular weight excluding hydrogens is 233 g/mol. The Labute approximate surface area is 85.3 Å². The van der Waals surface area contributed by atoms with E-state index in [0.717, 1.165) is 18.4 Å². The van der Waals surface area contributed by atoms with Gasteiger partial charge in [-0.05, 0) is 52.4 Å². The molecule has 2 N–H and O–H groups in total.